The number of Topliss-reactive ketones (excluding diaryl/α,β-unsaturated/α-hetero) is 1. The smallest absolute Gasteiger partial charge is 0.133 e. The van der Waals surface area contributed by atoms with Gasteiger partial charge in [-0.2, -0.15) is 0 Å². The van der Waals surface area contributed by atoms with E-state index in [1.807, 2.05) is 18.2 Å². The van der Waals surface area contributed by atoms with Crippen molar-refractivity contribution in [1.29, 1.82) is 0 Å². The zero-order valence-electron chi connectivity index (χ0n) is 11.9. The molecule has 0 aliphatic carbocycles. The van der Waals surface area contributed by atoms with Crippen molar-refractivity contribution in [3.63, 3.8) is 0 Å². The topological polar surface area (TPSA) is 38.3 Å². The Balaban J connectivity index is 1.54. The number of rotatable bonds is 5. The summed E-state index contributed by atoms with van der Waals surface area (Å²) in [6, 6.07) is 8.15. The number of hydrogen-bond acceptors (Lipinski definition) is 3. The molecule has 1 N–H and O–H groups in total. The second-order valence-electron chi connectivity index (χ2n) is 6.01. The van der Waals surface area contributed by atoms with Crippen LogP contribution < -0.4 is 10.1 Å². The molecule has 0 spiro atoms. The molecular weight excluding hydrogens is 250 g/mol. The monoisotopic (exact) mass is 273 g/mol. The minimum atomic E-state index is 0.356. The van der Waals surface area contributed by atoms with Crippen molar-refractivity contribution in [3.8, 4) is 5.75 Å². The number of carbonyl (C=O) groups is 1. The number of hydrogen-bond donors (Lipinski definition) is 1. The largest absolute Gasteiger partial charge is 0.493 e. The van der Waals surface area contributed by atoms with Crippen LogP contribution >= 0.6 is 0 Å². The van der Waals surface area contributed by atoms with Crippen LogP contribution in [-0.4, -0.2) is 25.5 Å². The van der Waals surface area contributed by atoms with Crippen molar-refractivity contribution < 1.29 is 9.53 Å². The lowest BCUT2D eigenvalue weighted by atomic mass is 9.87. The molecule has 2 aliphatic rings. The zero-order chi connectivity index (χ0) is 13.8. The quantitative estimate of drug-likeness (QED) is 0.896. The summed E-state index contributed by atoms with van der Waals surface area (Å²) < 4.78 is 5.66. The van der Waals surface area contributed by atoms with Crippen LogP contribution in [0, 0.1) is 5.92 Å². The van der Waals surface area contributed by atoms with Gasteiger partial charge in [-0.3, -0.25) is 4.79 Å². The van der Waals surface area contributed by atoms with Crippen molar-refractivity contribution >= 4 is 5.78 Å². The maximum Gasteiger partial charge on any atom is 0.133 e. The van der Waals surface area contributed by atoms with Crippen LogP contribution in [0.3, 0.4) is 0 Å². The first-order valence-corrected chi connectivity index (χ1v) is 7.77. The number of fused-ring (bicyclic) bond motifs is 1. The Kier molecular flexibility index (Phi) is 4.36. The molecule has 20 heavy (non-hydrogen) atoms. The highest BCUT2D eigenvalue weighted by Gasteiger charge is 2.24. The van der Waals surface area contributed by atoms with Gasteiger partial charge in [-0.25, -0.2) is 0 Å². The van der Waals surface area contributed by atoms with Gasteiger partial charge in [0.15, 0.2) is 0 Å². The van der Waals surface area contributed by atoms with Crippen LogP contribution in [0.15, 0.2) is 24.3 Å². The average Bonchev–Trinajstić information content (AvgIpc) is 2.99. The van der Waals surface area contributed by atoms with Crippen LogP contribution in [0.1, 0.15) is 43.6 Å². The fourth-order valence-corrected chi connectivity index (χ4v) is 3.33. The predicted octanol–water partition coefficient (Wildman–Crippen LogP) is 2.90. The van der Waals surface area contributed by atoms with Crippen molar-refractivity contribution in [2.75, 3.05) is 19.7 Å². The number of ketones is 1. The summed E-state index contributed by atoms with van der Waals surface area (Å²) in [5, 5.41) is 3.36. The molecule has 1 aromatic rings. The Labute approximate surface area is 120 Å². The van der Waals surface area contributed by atoms with E-state index in [4.69, 9.17) is 4.74 Å². The first-order chi connectivity index (χ1) is 9.83. The normalized spacial score (nSPS) is 25.0. The molecule has 2 unspecified atom stereocenters. The fraction of sp³-hybridized carbons (Fsp3) is 0.588. The second-order valence-corrected chi connectivity index (χ2v) is 6.01. The predicted molar refractivity (Wildman–Crippen MR) is 79.1 cm³/mol. The summed E-state index contributed by atoms with van der Waals surface area (Å²) in [7, 11) is 0. The lowest BCUT2D eigenvalue weighted by molar-refractivity contribution is -0.119. The number of ether oxygens (including phenoxy) is 1. The minimum Gasteiger partial charge on any atom is -0.493 e. The molecule has 0 aromatic heterocycles. The molecule has 2 aliphatic heterocycles. The molecule has 3 nitrogen and oxygen atoms in total. The highest BCUT2D eigenvalue weighted by Crippen LogP contribution is 2.35. The van der Waals surface area contributed by atoms with Gasteiger partial charge in [0.1, 0.15) is 11.5 Å². The van der Waals surface area contributed by atoms with E-state index in [1.54, 1.807) is 0 Å². The Bertz CT molecular complexity index is 466. The van der Waals surface area contributed by atoms with Crippen molar-refractivity contribution in [2.45, 2.75) is 38.0 Å². The first-order valence-electron chi connectivity index (χ1n) is 7.77. The third kappa shape index (κ3) is 3.21. The standard InChI is InChI=1S/C17H23NO2/c19-15(6-5-13-7-9-18-12-13)11-14-8-10-20-17-4-2-1-3-16(14)17/h1-4,13-14,18H,5-12H2. The molecule has 0 amide bonds. The van der Waals surface area contributed by atoms with Gasteiger partial charge in [0.25, 0.3) is 0 Å². The molecule has 1 fully saturated rings. The van der Waals surface area contributed by atoms with Crippen molar-refractivity contribution in [2.24, 2.45) is 5.92 Å². The van der Waals surface area contributed by atoms with Crippen molar-refractivity contribution in [1.82, 2.24) is 5.32 Å². The van der Waals surface area contributed by atoms with Gasteiger partial charge in [-0.05, 0) is 55.8 Å². The van der Waals surface area contributed by atoms with Crippen molar-refractivity contribution in [3.05, 3.63) is 29.8 Å². The molecule has 3 rings (SSSR count). The number of benzene rings is 1. The van der Waals surface area contributed by atoms with Gasteiger partial charge in [-0.15, -0.1) is 0 Å². The maximum atomic E-state index is 12.2. The van der Waals surface area contributed by atoms with Crippen LogP contribution in [0.4, 0.5) is 0 Å². The second kappa shape index (κ2) is 6.40. The first kappa shape index (κ1) is 13.6. The van der Waals surface area contributed by atoms with Crippen LogP contribution in [-0.2, 0) is 4.79 Å². The molecule has 3 heteroatoms. The Morgan fingerprint density at radius 2 is 2.20 bits per heavy atom. The highest BCUT2D eigenvalue weighted by atomic mass is 16.5. The summed E-state index contributed by atoms with van der Waals surface area (Å²) >= 11 is 0. The molecule has 2 heterocycles. The van der Waals surface area contributed by atoms with E-state index in [0.29, 0.717) is 24.0 Å². The number of para-hydroxylation sites is 1. The lowest BCUT2D eigenvalue weighted by Gasteiger charge is -2.25. The maximum absolute atomic E-state index is 12.2. The van der Waals surface area contributed by atoms with Gasteiger partial charge < -0.3 is 10.1 Å². The van der Waals surface area contributed by atoms with E-state index in [2.05, 4.69) is 11.4 Å². The molecule has 1 aromatic carbocycles. The molecule has 0 radical (unpaired) electrons. The van der Waals surface area contributed by atoms with Gasteiger partial charge in [-0.1, -0.05) is 18.2 Å². The van der Waals surface area contributed by atoms with E-state index in [1.165, 1.54) is 12.0 Å². The van der Waals surface area contributed by atoms with Gasteiger partial charge in [0.05, 0.1) is 6.61 Å². The SMILES string of the molecule is O=C(CCC1CCNC1)CC1CCOc2ccccc21. The summed E-state index contributed by atoms with van der Waals surface area (Å²) in [5.74, 6) is 2.45. The fourth-order valence-electron chi connectivity index (χ4n) is 3.33. The minimum absolute atomic E-state index is 0.356. The molecule has 108 valence electrons. The van der Waals surface area contributed by atoms with E-state index >= 15 is 0 Å². The molecule has 1 saturated heterocycles. The van der Waals surface area contributed by atoms with E-state index in [-0.39, 0.29) is 0 Å². The Hall–Kier alpha value is -1.35. The summed E-state index contributed by atoms with van der Waals surface area (Å²) in [6.45, 7) is 2.95. The van der Waals surface area contributed by atoms with Crippen LogP contribution in [0.5, 0.6) is 5.75 Å². The lowest BCUT2D eigenvalue weighted by Crippen LogP contribution is -2.17. The molecular formula is C17H23NO2. The Morgan fingerprint density at radius 3 is 3.05 bits per heavy atom. The van der Waals surface area contributed by atoms with Gasteiger partial charge >= 0.3 is 0 Å². The summed E-state index contributed by atoms with van der Waals surface area (Å²) in [5.41, 5.74) is 1.22. The van der Waals surface area contributed by atoms with Crippen LogP contribution in [0.25, 0.3) is 0 Å². The van der Waals surface area contributed by atoms with Gasteiger partial charge in [0, 0.05) is 12.8 Å². The third-order valence-electron chi connectivity index (χ3n) is 4.55. The number of carbonyl (C=O) groups excluding carboxylic acids is 1. The average molecular weight is 273 g/mol. The zero-order valence-corrected chi connectivity index (χ0v) is 11.9. The number of nitrogens with one attached hydrogen (secondary N) is 1. The van der Waals surface area contributed by atoms with Crippen LogP contribution in [0.2, 0.25) is 0 Å². The molecule has 0 bridgehead atoms. The van der Waals surface area contributed by atoms with E-state index in [9.17, 15) is 4.79 Å². The molecule has 2 atom stereocenters. The third-order valence-corrected chi connectivity index (χ3v) is 4.55. The Morgan fingerprint density at radius 1 is 1.30 bits per heavy atom. The van der Waals surface area contributed by atoms with E-state index in [0.717, 1.165) is 44.7 Å². The molecule has 0 saturated carbocycles. The summed E-state index contributed by atoms with van der Waals surface area (Å²) in [4.78, 5) is 12.2. The van der Waals surface area contributed by atoms with E-state index < -0.39 is 0 Å². The summed E-state index contributed by atoms with van der Waals surface area (Å²) in [6.07, 6.45) is 4.67. The highest BCUT2D eigenvalue weighted by molar-refractivity contribution is 5.79. The van der Waals surface area contributed by atoms with Gasteiger partial charge in [0.2, 0.25) is 0 Å².